The minimum Gasteiger partial charge on any atom is -0.759 e. The van der Waals surface area contributed by atoms with Crippen LogP contribution in [0.2, 0.25) is 0 Å². The largest absolute Gasteiger partial charge is 0.759 e. The third kappa shape index (κ3) is 2.67. The quantitative estimate of drug-likeness (QED) is 0.565. The molecule has 0 amide bonds. The number of nitrogens with zero attached hydrogens (tertiary/aromatic N) is 2. The van der Waals surface area contributed by atoms with E-state index in [0.717, 1.165) is 18.0 Å². The van der Waals surface area contributed by atoms with Gasteiger partial charge in [0.2, 0.25) is 6.21 Å². The van der Waals surface area contributed by atoms with Gasteiger partial charge in [-0.15, -0.1) is 0 Å². The lowest BCUT2D eigenvalue weighted by Gasteiger charge is -2.03. The van der Waals surface area contributed by atoms with E-state index in [-0.39, 0.29) is 0 Å². The molecule has 1 aromatic carbocycles. The highest BCUT2D eigenvalue weighted by atomic mass is 32.1. The molecule has 16 heavy (non-hydrogen) atoms. The lowest BCUT2D eigenvalue weighted by Crippen LogP contribution is -2.02. The molecule has 84 valence electrons. The molecule has 2 rings (SSSR count). The van der Waals surface area contributed by atoms with Crippen LogP contribution in [0.4, 0.5) is 0 Å². The maximum atomic E-state index is 5.04. The van der Waals surface area contributed by atoms with Crippen LogP contribution in [0.5, 0.6) is 0 Å². The zero-order valence-corrected chi connectivity index (χ0v) is 10.5. The Balaban J connectivity index is 2.17. The average Bonchev–Trinajstić information content (AvgIpc) is 2.65. The summed E-state index contributed by atoms with van der Waals surface area (Å²) in [6.07, 6.45) is 2.94. The van der Waals surface area contributed by atoms with E-state index < -0.39 is 0 Å². The minimum absolute atomic E-state index is 0.582. The highest BCUT2D eigenvalue weighted by molar-refractivity contribution is 7.77. The SMILES string of the molecule is CC(C)c1ccc(/C=[N+]2/CCC([S-])=N2)cc1. The van der Waals surface area contributed by atoms with E-state index in [1.54, 1.807) is 0 Å². The van der Waals surface area contributed by atoms with Crippen molar-refractivity contribution >= 4 is 23.9 Å². The fourth-order valence-corrected chi connectivity index (χ4v) is 1.88. The molecule has 0 fully saturated rings. The summed E-state index contributed by atoms with van der Waals surface area (Å²) in [6.45, 7) is 5.31. The zero-order chi connectivity index (χ0) is 11.5. The standard InChI is InChI=1S/C13H16N2S/c1-10(2)12-5-3-11(4-6-12)9-15-8-7-13(16)14-15/h3-6,9-10H,7-8H2,1-2H3/b15-9-. The van der Waals surface area contributed by atoms with Crippen molar-refractivity contribution < 1.29 is 4.68 Å². The predicted molar refractivity (Wildman–Crippen MR) is 70.2 cm³/mol. The molecule has 2 nitrogen and oxygen atoms in total. The monoisotopic (exact) mass is 232 g/mol. The van der Waals surface area contributed by atoms with Crippen molar-refractivity contribution in [2.24, 2.45) is 5.10 Å². The van der Waals surface area contributed by atoms with Gasteiger partial charge in [-0.1, -0.05) is 30.7 Å². The number of hydrogen-bond acceptors (Lipinski definition) is 2. The van der Waals surface area contributed by atoms with Crippen LogP contribution in [0.3, 0.4) is 0 Å². The maximum absolute atomic E-state index is 5.04. The molecular weight excluding hydrogens is 216 g/mol. The number of rotatable bonds is 2. The van der Waals surface area contributed by atoms with Gasteiger partial charge in [0, 0.05) is 12.0 Å². The van der Waals surface area contributed by atoms with E-state index in [4.69, 9.17) is 12.6 Å². The molecule has 0 atom stereocenters. The Kier molecular flexibility index (Phi) is 3.34. The summed E-state index contributed by atoms with van der Waals surface area (Å²) in [5, 5.41) is 5.05. The van der Waals surface area contributed by atoms with Crippen LogP contribution in [0.25, 0.3) is 0 Å². The Hall–Kier alpha value is -1.22. The molecule has 1 aliphatic rings. The number of hydrazone groups is 1. The van der Waals surface area contributed by atoms with Crippen LogP contribution in [0.15, 0.2) is 29.4 Å². The maximum Gasteiger partial charge on any atom is 0.203 e. The van der Waals surface area contributed by atoms with E-state index in [2.05, 4.69) is 43.2 Å². The highest BCUT2D eigenvalue weighted by Gasteiger charge is 2.10. The molecule has 0 bridgehead atoms. The van der Waals surface area contributed by atoms with Gasteiger partial charge in [0.05, 0.1) is 0 Å². The van der Waals surface area contributed by atoms with Crippen LogP contribution in [-0.2, 0) is 12.6 Å². The Morgan fingerprint density at radius 2 is 2.00 bits per heavy atom. The van der Waals surface area contributed by atoms with Gasteiger partial charge in [0.1, 0.15) is 0 Å². The summed E-state index contributed by atoms with van der Waals surface area (Å²) >= 11 is 5.04. The van der Waals surface area contributed by atoms with Gasteiger partial charge < -0.3 is 12.6 Å². The average molecular weight is 232 g/mol. The first-order valence-electron chi connectivity index (χ1n) is 5.61. The van der Waals surface area contributed by atoms with Crippen LogP contribution < -0.4 is 0 Å². The van der Waals surface area contributed by atoms with Gasteiger partial charge in [-0.2, -0.15) is 0 Å². The first kappa shape index (κ1) is 11.3. The molecule has 0 spiro atoms. The molecular formula is C13H16N2S. The van der Waals surface area contributed by atoms with Crippen LogP contribution in [0.1, 0.15) is 37.3 Å². The second-order valence-corrected chi connectivity index (χ2v) is 4.83. The smallest absolute Gasteiger partial charge is 0.203 e. The summed E-state index contributed by atoms with van der Waals surface area (Å²) in [4.78, 5) is 0. The zero-order valence-electron chi connectivity index (χ0n) is 9.68. The first-order chi connectivity index (χ1) is 7.65. The summed E-state index contributed by atoms with van der Waals surface area (Å²) < 4.78 is 1.92. The summed E-state index contributed by atoms with van der Waals surface area (Å²) in [5.41, 5.74) is 2.55. The van der Waals surface area contributed by atoms with Gasteiger partial charge in [-0.25, -0.2) is 0 Å². The molecule has 1 aromatic rings. The van der Waals surface area contributed by atoms with E-state index in [1.807, 2.05) is 10.9 Å². The van der Waals surface area contributed by atoms with Crippen LogP contribution >= 0.6 is 0 Å². The molecule has 0 aliphatic carbocycles. The predicted octanol–water partition coefficient (Wildman–Crippen LogP) is 2.51. The van der Waals surface area contributed by atoms with Gasteiger partial charge >= 0.3 is 0 Å². The molecule has 1 aliphatic heterocycles. The first-order valence-corrected chi connectivity index (χ1v) is 6.02. The molecule has 1 heterocycles. The molecule has 0 unspecified atom stereocenters. The minimum atomic E-state index is 0.582. The molecule has 0 aromatic heterocycles. The second kappa shape index (κ2) is 4.74. The third-order valence-corrected chi connectivity index (χ3v) is 2.98. The van der Waals surface area contributed by atoms with Gasteiger partial charge in [0.15, 0.2) is 6.54 Å². The van der Waals surface area contributed by atoms with E-state index in [1.165, 1.54) is 11.1 Å². The van der Waals surface area contributed by atoms with Gasteiger partial charge in [-0.3, -0.25) is 0 Å². The normalized spacial score (nSPS) is 18.2. The highest BCUT2D eigenvalue weighted by Crippen LogP contribution is 2.14. The van der Waals surface area contributed by atoms with Crippen molar-refractivity contribution in [2.45, 2.75) is 26.2 Å². The number of hydrogen-bond donors (Lipinski definition) is 0. The molecule has 0 N–H and O–H groups in total. The molecule has 0 radical (unpaired) electrons. The van der Waals surface area contributed by atoms with Gasteiger partial charge in [-0.05, 0) is 33.8 Å². The Labute approximate surface area is 102 Å². The van der Waals surface area contributed by atoms with E-state index >= 15 is 0 Å². The van der Waals surface area contributed by atoms with Crippen molar-refractivity contribution in [3.8, 4) is 0 Å². The van der Waals surface area contributed by atoms with Gasteiger partial charge in [0.25, 0.3) is 0 Å². The molecule has 3 heteroatoms. The number of benzene rings is 1. The Bertz CT molecular complexity index is 430. The lowest BCUT2D eigenvalue weighted by molar-refractivity contribution is -0.517. The van der Waals surface area contributed by atoms with Crippen molar-refractivity contribution in [1.29, 1.82) is 0 Å². The molecule has 0 saturated heterocycles. The summed E-state index contributed by atoms with van der Waals surface area (Å²) in [7, 11) is 0. The van der Waals surface area contributed by atoms with Crippen molar-refractivity contribution in [3.05, 3.63) is 35.4 Å². The fourth-order valence-electron chi connectivity index (χ4n) is 1.69. The van der Waals surface area contributed by atoms with Crippen molar-refractivity contribution in [1.82, 2.24) is 0 Å². The van der Waals surface area contributed by atoms with Crippen molar-refractivity contribution in [3.63, 3.8) is 0 Å². The van der Waals surface area contributed by atoms with Crippen LogP contribution in [-0.4, -0.2) is 22.5 Å². The van der Waals surface area contributed by atoms with Crippen molar-refractivity contribution in [2.75, 3.05) is 6.54 Å². The Morgan fingerprint density at radius 3 is 2.50 bits per heavy atom. The summed E-state index contributed by atoms with van der Waals surface area (Å²) in [5.74, 6) is 0.582. The van der Waals surface area contributed by atoms with E-state index in [0.29, 0.717) is 5.92 Å². The van der Waals surface area contributed by atoms with Crippen LogP contribution in [0, 0.1) is 0 Å². The Morgan fingerprint density at radius 1 is 1.31 bits per heavy atom. The lowest BCUT2D eigenvalue weighted by atomic mass is 10.0. The fraction of sp³-hybridized carbons (Fsp3) is 0.385. The second-order valence-electron chi connectivity index (χ2n) is 4.36. The van der Waals surface area contributed by atoms with E-state index in [9.17, 15) is 0 Å². The summed E-state index contributed by atoms with van der Waals surface area (Å²) in [6, 6.07) is 8.61. The molecule has 0 saturated carbocycles. The third-order valence-electron chi connectivity index (χ3n) is 2.70. The topological polar surface area (TPSA) is 15.4 Å².